The molecule has 0 saturated heterocycles. The predicted molar refractivity (Wildman–Crippen MR) is 76.7 cm³/mol. The Balaban J connectivity index is 2.32. The highest BCUT2D eigenvalue weighted by molar-refractivity contribution is 7.89. The van der Waals surface area contributed by atoms with Crippen LogP contribution in [0.25, 0.3) is 0 Å². The third-order valence-electron chi connectivity index (χ3n) is 3.65. The Morgan fingerprint density at radius 3 is 2.85 bits per heavy atom. The third-order valence-corrected chi connectivity index (χ3v) is 5.49. The first-order chi connectivity index (χ1) is 9.49. The maximum Gasteiger partial charge on any atom is 0.242 e. The second-order valence-corrected chi connectivity index (χ2v) is 6.97. The lowest BCUT2D eigenvalue weighted by atomic mass is 10.1. The largest absolute Gasteiger partial charge is 0.330 e. The summed E-state index contributed by atoms with van der Waals surface area (Å²) in [5.41, 5.74) is 5.63. The van der Waals surface area contributed by atoms with Crippen molar-refractivity contribution in [2.75, 3.05) is 6.54 Å². The van der Waals surface area contributed by atoms with Gasteiger partial charge in [-0.05, 0) is 37.4 Å². The Morgan fingerprint density at radius 1 is 1.45 bits per heavy atom. The molecule has 0 unspecified atom stereocenters. The first kappa shape index (κ1) is 15.3. The van der Waals surface area contributed by atoms with E-state index in [0.29, 0.717) is 6.54 Å². The number of rotatable bonds is 4. The van der Waals surface area contributed by atoms with Crippen LogP contribution < -0.4 is 10.5 Å². The number of benzene rings is 1. The fourth-order valence-corrected chi connectivity index (χ4v) is 4.36. The molecule has 7 heteroatoms. The van der Waals surface area contributed by atoms with Gasteiger partial charge in [0.2, 0.25) is 10.0 Å². The smallest absolute Gasteiger partial charge is 0.242 e. The van der Waals surface area contributed by atoms with E-state index in [1.807, 2.05) is 6.07 Å². The minimum Gasteiger partial charge on any atom is -0.330 e. The van der Waals surface area contributed by atoms with Crippen molar-refractivity contribution < 1.29 is 8.42 Å². The number of sulfonamides is 1. The molecule has 2 atom stereocenters. The Kier molecular flexibility index (Phi) is 4.66. The van der Waals surface area contributed by atoms with Crippen molar-refractivity contribution in [2.45, 2.75) is 30.2 Å². The maximum atomic E-state index is 12.4. The second-order valence-electron chi connectivity index (χ2n) is 4.88. The number of nitrogens with zero attached hydrogens (tertiary/aromatic N) is 1. The van der Waals surface area contributed by atoms with Gasteiger partial charge in [-0.3, -0.25) is 0 Å². The van der Waals surface area contributed by atoms with Crippen molar-refractivity contribution in [3.63, 3.8) is 0 Å². The quantitative estimate of drug-likeness (QED) is 0.882. The second kappa shape index (κ2) is 6.10. The lowest BCUT2D eigenvalue weighted by Gasteiger charge is -2.19. The number of halogens is 1. The Bertz CT molecular complexity index is 640. The van der Waals surface area contributed by atoms with Gasteiger partial charge in [0.1, 0.15) is 11.0 Å². The van der Waals surface area contributed by atoms with E-state index >= 15 is 0 Å². The highest BCUT2D eigenvalue weighted by Crippen LogP contribution is 2.28. The van der Waals surface area contributed by atoms with Crippen molar-refractivity contribution in [3.8, 4) is 6.07 Å². The van der Waals surface area contributed by atoms with E-state index in [9.17, 15) is 8.42 Å². The summed E-state index contributed by atoms with van der Waals surface area (Å²) in [6.07, 6.45) is 2.64. The maximum absolute atomic E-state index is 12.4. The minimum absolute atomic E-state index is 0.0241. The zero-order chi connectivity index (χ0) is 14.8. The number of nitrogens with one attached hydrogen (secondary N) is 1. The van der Waals surface area contributed by atoms with Crippen LogP contribution in [0.3, 0.4) is 0 Å². The van der Waals surface area contributed by atoms with Crippen molar-refractivity contribution in [1.29, 1.82) is 5.26 Å². The molecular formula is C13H16ClN3O2S. The molecule has 0 radical (unpaired) electrons. The van der Waals surface area contributed by atoms with Crippen molar-refractivity contribution in [3.05, 3.63) is 28.8 Å². The van der Waals surface area contributed by atoms with Crippen LogP contribution in [0.4, 0.5) is 0 Å². The van der Waals surface area contributed by atoms with Crippen LogP contribution in [0.15, 0.2) is 23.1 Å². The Hall–Kier alpha value is -1.13. The van der Waals surface area contributed by atoms with Gasteiger partial charge in [0.05, 0.1) is 10.6 Å². The molecule has 0 aliphatic heterocycles. The summed E-state index contributed by atoms with van der Waals surface area (Å²) in [6, 6.07) is 6.08. The van der Waals surface area contributed by atoms with E-state index in [4.69, 9.17) is 22.6 Å². The van der Waals surface area contributed by atoms with Gasteiger partial charge in [-0.1, -0.05) is 24.1 Å². The number of hydrogen-bond donors (Lipinski definition) is 2. The van der Waals surface area contributed by atoms with Crippen LogP contribution >= 0.6 is 11.6 Å². The number of nitrogens with two attached hydrogens (primary N) is 1. The Morgan fingerprint density at radius 2 is 2.20 bits per heavy atom. The van der Waals surface area contributed by atoms with Gasteiger partial charge in [0.15, 0.2) is 0 Å². The van der Waals surface area contributed by atoms with Gasteiger partial charge in [-0.15, -0.1) is 0 Å². The standard InChI is InChI=1S/C13H16ClN3O2S/c14-11-4-2-6-13(10(11)8-16)20(18,19)17-12-5-1-3-9(12)7-15/h2,4,6,9,12,17H,1,3,5,7,15H2/t9-,12+/m0/s1. The average molecular weight is 314 g/mol. The molecule has 0 amide bonds. The van der Waals surface area contributed by atoms with Crippen LogP contribution in [0.5, 0.6) is 0 Å². The summed E-state index contributed by atoms with van der Waals surface area (Å²) >= 11 is 5.87. The van der Waals surface area contributed by atoms with Gasteiger partial charge in [-0.2, -0.15) is 5.26 Å². The van der Waals surface area contributed by atoms with Crippen LogP contribution in [0.1, 0.15) is 24.8 Å². The molecule has 0 spiro atoms. The van der Waals surface area contributed by atoms with Crippen LogP contribution in [0.2, 0.25) is 5.02 Å². The first-order valence-corrected chi connectivity index (χ1v) is 8.26. The van der Waals surface area contributed by atoms with E-state index < -0.39 is 10.0 Å². The van der Waals surface area contributed by atoms with Crippen LogP contribution in [0, 0.1) is 17.2 Å². The van der Waals surface area contributed by atoms with E-state index in [-0.39, 0.29) is 27.4 Å². The number of nitriles is 1. The molecule has 1 aliphatic carbocycles. The summed E-state index contributed by atoms with van der Waals surface area (Å²) in [5.74, 6) is 0.148. The molecule has 0 aromatic heterocycles. The summed E-state index contributed by atoms with van der Waals surface area (Å²) in [4.78, 5) is -0.0739. The fourth-order valence-electron chi connectivity index (χ4n) is 2.57. The van der Waals surface area contributed by atoms with Crippen LogP contribution in [-0.4, -0.2) is 21.0 Å². The number of hydrogen-bond acceptors (Lipinski definition) is 4. The molecule has 20 heavy (non-hydrogen) atoms. The molecule has 2 rings (SSSR count). The molecule has 0 bridgehead atoms. The average Bonchev–Trinajstić information content (AvgIpc) is 2.84. The van der Waals surface area contributed by atoms with Crippen molar-refractivity contribution in [1.82, 2.24) is 4.72 Å². The molecule has 1 aromatic rings. The van der Waals surface area contributed by atoms with Gasteiger partial charge in [0.25, 0.3) is 0 Å². The van der Waals surface area contributed by atoms with Gasteiger partial charge in [0, 0.05) is 6.04 Å². The topological polar surface area (TPSA) is 96.0 Å². The predicted octanol–water partition coefficient (Wildman–Crippen LogP) is 1.62. The highest BCUT2D eigenvalue weighted by Gasteiger charge is 2.31. The first-order valence-electron chi connectivity index (χ1n) is 6.40. The third kappa shape index (κ3) is 2.96. The van der Waals surface area contributed by atoms with E-state index in [2.05, 4.69) is 4.72 Å². The molecule has 108 valence electrons. The monoisotopic (exact) mass is 313 g/mol. The normalized spacial score (nSPS) is 22.6. The van der Waals surface area contributed by atoms with Gasteiger partial charge >= 0.3 is 0 Å². The summed E-state index contributed by atoms with van der Waals surface area (Å²) in [6.45, 7) is 0.452. The lowest BCUT2D eigenvalue weighted by Crippen LogP contribution is -2.40. The van der Waals surface area contributed by atoms with E-state index in [0.717, 1.165) is 19.3 Å². The van der Waals surface area contributed by atoms with Gasteiger partial charge in [-0.25, -0.2) is 13.1 Å². The molecule has 1 fully saturated rings. The fraction of sp³-hybridized carbons (Fsp3) is 0.462. The zero-order valence-corrected chi connectivity index (χ0v) is 12.4. The summed E-state index contributed by atoms with van der Waals surface area (Å²) in [5, 5.41) is 9.21. The lowest BCUT2D eigenvalue weighted by molar-refractivity contribution is 0.453. The highest BCUT2D eigenvalue weighted by atomic mass is 35.5. The SMILES string of the molecule is N#Cc1c(Cl)cccc1S(=O)(=O)N[C@@H]1CCC[C@H]1CN. The van der Waals surface area contributed by atoms with Crippen molar-refractivity contribution in [2.24, 2.45) is 11.7 Å². The summed E-state index contributed by atoms with van der Waals surface area (Å²) < 4.78 is 27.5. The van der Waals surface area contributed by atoms with Gasteiger partial charge < -0.3 is 5.73 Å². The Labute approximate surface area is 123 Å². The van der Waals surface area contributed by atoms with Crippen LogP contribution in [-0.2, 0) is 10.0 Å². The minimum atomic E-state index is -3.76. The molecule has 1 aromatic carbocycles. The van der Waals surface area contributed by atoms with E-state index in [1.54, 1.807) is 0 Å². The molecule has 1 saturated carbocycles. The zero-order valence-electron chi connectivity index (χ0n) is 10.8. The summed E-state index contributed by atoms with van der Waals surface area (Å²) in [7, 11) is -3.76. The van der Waals surface area contributed by atoms with E-state index in [1.165, 1.54) is 18.2 Å². The van der Waals surface area contributed by atoms with Crippen molar-refractivity contribution >= 4 is 21.6 Å². The molecule has 5 nitrogen and oxygen atoms in total. The molecular weight excluding hydrogens is 298 g/mol. The molecule has 3 N–H and O–H groups in total. The molecule has 1 aliphatic rings. The molecule has 0 heterocycles.